The SMILES string of the molecule is C[C@@](N)(NC(=O)Cn1nc(-c2ccc(Cl)cc2)n(C[C@H](O)C(F)(F)F)c1=O)c1cccc(C(F)(F)F)c1. The van der Waals surface area contributed by atoms with Gasteiger partial charge >= 0.3 is 18.0 Å². The van der Waals surface area contributed by atoms with Gasteiger partial charge in [0.25, 0.3) is 0 Å². The second-order valence-electron chi connectivity index (χ2n) is 8.27. The number of benzene rings is 2. The number of nitrogens with one attached hydrogen (secondary N) is 1. The Morgan fingerprint density at radius 3 is 2.27 bits per heavy atom. The van der Waals surface area contributed by atoms with Gasteiger partial charge in [0.2, 0.25) is 5.91 Å². The lowest BCUT2D eigenvalue weighted by Crippen LogP contribution is -2.52. The van der Waals surface area contributed by atoms with E-state index in [1.54, 1.807) is 0 Å². The number of amides is 1. The molecule has 0 aliphatic carbocycles. The summed E-state index contributed by atoms with van der Waals surface area (Å²) in [6, 6.07) is 9.46. The molecule has 2 aromatic carbocycles. The second-order valence-corrected chi connectivity index (χ2v) is 8.70. The van der Waals surface area contributed by atoms with Crippen molar-refractivity contribution in [2.75, 3.05) is 0 Å². The number of aromatic nitrogens is 3. The van der Waals surface area contributed by atoms with Crippen molar-refractivity contribution < 1.29 is 36.2 Å². The van der Waals surface area contributed by atoms with Crippen LogP contribution < -0.4 is 16.7 Å². The van der Waals surface area contributed by atoms with Gasteiger partial charge in [-0.05, 0) is 48.9 Å². The monoisotopic (exact) mass is 551 g/mol. The van der Waals surface area contributed by atoms with Gasteiger partial charge in [-0.2, -0.15) is 26.3 Å². The number of carbonyl (C=O) groups excluding carboxylic acids is 1. The highest BCUT2D eigenvalue weighted by atomic mass is 35.5. The molecule has 200 valence electrons. The molecule has 3 aromatic rings. The summed E-state index contributed by atoms with van der Waals surface area (Å²) in [5, 5.41) is 16.0. The summed E-state index contributed by atoms with van der Waals surface area (Å²) >= 11 is 5.83. The Kier molecular flexibility index (Phi) is 7.77. The Bertz CT molecular complexity index is 1330. The third kappa shape index (κ3) is 6.70. The molecule has 0 fully saturated rings. The number of halogens is 7. The lowest BCUT2D eigenvalue weighted by atomic mass is 9.99. The first-order valence-electron chi connectivity index (χ1n) is 10.4. The lowest BCUT2D eigenvalue weighted by molar-refractivity contribution is -0.207. The van der Waals surface area contributed by atoms with Crippen molar-refractivity contribution in [3.05, 3.63) is 75.2 Å². The molecule has 15 heteroatoms. The minimum Gasteiger partial charge on any atom is -0.382 e. The third-order valence-electron chi connectivity index (χ3n) is 5.24. The van der Waals surface area contributed by atoms with Gasteiger partial charge in [-0.3, -0.25) is 9.36 Å². The Balaban J connectivity index is 1.91. The Morgan fingerprint density at radius 2 is 1.70 bits per heavy atom. The average molecular weight is 552 g/mol. The first kappa shape index (κ1) is 28.2. The van der Waals surface area contributed by atoms with Crippen LogP contribution in [0.2, 0.25) is 5.02 Å². The maximum atomic E-state index is 13.0. The molecule has 0 saturated heterocycles. The van der Waals surface area contributed by atoms with E-state index in [0.29, 0.717) is 14.3 Å². The third-order valence-corrected chi connectivity index (χ3v) is 5.49. The standard InChI is InChI=1S/C22H20ClF6N5O3/c1-20(30,13-3-2-4-14(9-13)21(24,25)26)31-17(36)11-34-19(37)33(10-16(35)22(27,28)29)18(32-34)12-5-7-15(23)8-6-12/h2-9,16,35H,10-11,30H2,1H3,(H,31,36)/t16-,20+/m0/s1. The summed E-state index contributed by atoms with van der Waals surface area (Å²) in [5.74, 6) is -1.25. The van der Waals surface area contributed by atoms with E-state index in [1.165, 1.54) is 37.3 Å². The van der Waals surface area contributed by atoms with Crippen LogP contribution in [0, 0.1) is 0 Å². The number of alkyl halides is 6. The molecule has 0 spiro atoms. The maximum Gasteiger partial charge on any atom is 0.416 e. The van der Waals surface area contributed by atoms with Crippen LogP contribution in [-0.4, -0.2) is 37.6 Å². The molecule has 0 aliphatic rings. The second kappa shape index (κ2) is 10.2. The van der Waals surface area contributed by atoms with Gasteiger partial charge in [-0.15, -0.1) is 5.10 Å². The van der Waals surface area contributed by atoms with Crippen LogP contribution in [0.1, 0.15) is 18.1 Å². The molecule has 3 rings (SSSR count). The zero-order valence-corrected chi connectivity index (χ0v) is 19.7. The van der Waals surface area contributed by atoms with E-state index in [2.05, 4.69) is 10.4 Å². The van der Waals surface area contributed by atoms with E-state index < -0.39 is 54.4 Å². The predicted molar refractivity (Wildman–Crippen MR) is 120 cm³/mol. The van der Waals surface area contributed by atoms with Crippen molar-refractivity contribution in [1.29, 1.82) is 0 Å². The number of aliphatic hydroxyl groups is 1. The number of hydrogen-bond acceptors (Lipinski definition) is 5. The number of nitrogens with two attached hydrogens (primary N) is 1. The zero-order chi connectivity index (χ0) is 27.8. The minimum absolute atomic E-state index is 0.0938. The number of aliphatic hydroxyl groups excluding tert-OH is 1. The van der Waals surface area contributed by atoms with E-state index in [-0.39, 0.29) is 17.0 Å². The van der Waals surface area contributed by atoms with Crippen LogP contribution in [0.3, 0.4) is 0 Å². The Hall–Kier alpha value is -3.36. The van der Waals surface area contributed by atoms with Gasteiger partial charge in [-0.1, -0.05) is 23.7 Å². The van der Waals surface area contributed by atoms with Gasteiger partial charge in [0.1, 0.15) is 12.2 Å². The van der Waals surface area contributed by atoms with Crippen LogP contribution in [0.25, 0.3) is 11.4 Å². The topological polar surface area (TPSA) is 115 Å². The molecule has 1 amide bonds. The Labute approximate surface area is 210 Å². The molecular weight excluding hydrogens is 532 g/mol. The molecule has 4 N–H and O–H groups in total. The smallest absolute Gasteiger partial charge is 0.382 e. The molecule has 0 saturated carbocycles. The summed E-state index contributed by atoms with van der Waals surface area (Å²) in [6.07, 6.45) is -12.6. The highest BCUT2D eigenvalue weighted by Gasteiger charge is 2.39. The lowest BCUT2D eigenvalue weighted by Gasteiger charge is -2.27. The first-order valence-corrected chi connectivity index (χ1v) is 10.8. The fraction of sp³-hybridized carbons (Fsp3) is 0.318. The van der Waals surface area contributed by atoms with Gasteiger partial charge in [-0.25, -0.2) is 9.48 Å². The highest BCUT2D eigenvalue weighted by Crippen LogP contribution is 2.31. The number of rotatable bonds is 7. The van der Waals surface area contributed by atoms with E-state index >= 15 is 0 Å². The molecule has 0 radical (unpaired) electrons. The summed E-state index contributed by atoms with van der Waals surface area (Å²) in [7, 11) is 0. The molecule has 37 heavy (non-hydrogen) atoms. The largest absolute Gasteiger partial charge is 0.416 e. The van der Waals surface area contributed by atoms with Gasteiger partial charge < -0.3 is 16.2 Å². The van der Waals surface area contributed by atoms with Crippen molar-refractivity contribution in [3.8, 4) is 11.4 Å². The van der Waals surface area contributed by atoms with Gasteiger partial charge in [0.15, 0.2) is 11.9 Å². The summed E-state index contributed by atoms with van der Waals surface area (Å²) in [4.78, 5) is 25.5. The van der Waals surface area contributed by atoms with Crippen molar-refractivity contribution >= 4 is 17.5 Å². The van der Waals surface area contributed by atoms with Crippen LogP contribution in [0.15, 0.2) is 53.3 Å². The molecule has 0 bridgehead atoms. The van der Waals surface area contributed by atoms with E-state index in [0.717, 1.165) is 18.2 Å². The molecule has 8 nitrogen and oxygen atoms in total. The van der Waals surface area contributed by atoms with Crippen LogP contribution in [-0.2, 0) is 29.7 Å². The van der Waals surface area contributed by atoms with Crippen molar-refractivity contribution in [3.63, 3.8) is 0 Å². The van der Waals surface area contributed by atoms with Gasteiger partial charge in [0, 0.05) is 10.6 Å². The van der Waals surface area contributed by atoms with Crippen molar-refractivity contribution in [2.24, 2.45) is 5.73 Å². The summed E-state index contributed by atoms with van der Waals surface area (Å²) in [5.41, 5.74) is 2.13. The predicted octanol–water partition coefficient (Wildman–Crippen LogP) is 3.26. The molecule has 1 heterocycles. The van der Waals surface area contributed by atoms with E-state index in [9.17, 15) is 41.0 Å². The van der Waals surface area contributed by atoms with Crippen LogP contribution in [0.5, 0.6) is 0 Å². The fourth-order valence-corrected chi connectivity index (χ4v) is 3.48. The first-order chi connectivity index (χ1) is 17.0. The summed E-state index contributed by atoms with van der Waals surface area (Å²) < 4.78 is 79.1. The molecule has 2 atom stereocenters. The average Bonchev–Trinajstić information content (AvgIpc) is 3.08. The number of nitrogens with zero attached hydrogens (tertiary/aromatic N) is 3. The van der Waals surface area contributed by atoms with Crippen molar-refractivity contribution in [1.82, 2.24) is 19.7 Å². The molecule has 1 aromatic heterocycles. The van der Waals surface area contributed by atoms with Crippen molar-refractivity contribution in [2.45, 2.75) is 44.1 Å². The Morgan fingerprint density at radius 1 is 1.11 bits per heavy atom. The normalized spacial score (nSPS) is 14.8. The highest BCUT2D eigenvalue weighted by molar-refractivity contribution is 6.30. The summed E-state index contributed by atoms with van der Waals surface area (Å²) in [6.45, 7) is -0.818. The molecule has 0 unspecified atom stereocenters. The zero-order valence-electron chi connectivity index (χ0n) is 18.9. The minimum atomic E-state index is -5.04. The number of hydrogen-bond donors (Lipinski definition) is 3. The van der Waals surface area contributed by atoms with E-state index in [4.69, 9.17) is 17.3 Å². The quantitative estimate of drug-likeness (QED) is 0.308. The van der Waals surface area contributed by atoms with Crippen LogP contribution in [0.4, 0.5) is 26.3 Å². The molecular formula is C22H20ClF6N5O3. The fourth-order valence-electron chi connectivity index (χ4n) is 3.35. The van der Waals surface area contributed by atoms with Gasteiger partial charge in [0.05, 0.1) is 12.1 Å². The maximum absolute atomic E-state index is 13.0. The van der Waals surface area contributed by atoms with E-state index in [1.807, 2.05) is 0 Å². The van der Waals surface area contributed by atoms with Crippen LogP contribution >= 0.6 is 11.6 Å². The number of carbonyl (C=O) groups is 1. The molecule has 0 aliphatic heterocycles.